The van der Waals surface area contributed by atoms with E-state index in [-0.39, 0.29) is 34.1 Å². The van der Waals surface area contributed by atoms with Crippen LogP contribution < -0.4 is 17.0 Å². The van der Waals surface area contributed by atoms with Crippen LogP contribution in [-0.4, -0.2) is 115 Å². The predicted molar refractivity (Wildman–Crippen MR) is 150 cm³/mol. The topological polar surface area (TPSA) is 320 Å². The summed E-state index contributed by atoms with van der Waals surface area (Å²) in [6.07, 6.45) is -10.1. The van der Waals surface area contributed by atoms with Crippen molar-refractivity contribution >= 4 is 49.9 Å². The standard InChI is InChI=1S/C21H27FN10O12P2/c22-9-13(40-6-45(36)37)8(43-19(9)31-4-27-10-15(23)25-3-26-16(10)31)2-41-46(38,39)44-14-7(1-33)42-20(12(14)34)32-5-28-11-17(32)29-21(24)30-18(11)35/h3-5,7-9,12-14,19-20,33-34,45H,1-2,6H2,(H,36,37)(H,38,39)(H2,23,25,26)(H3,24,29,30,35)/t7-,8-,9?,12?,13?,14?,19-,20-/m1/s1. The van der Waals surface area contributed by atoms with Crippen molar-refractivity contribution in [3.05, 3.63) is 29.3 Å². The molecule has 0 amide bonds. The van der Waals surface area contributed by atoms with Gasteiger partial charge in [0.1, 0.15) is 48.7 Å². The summed E-state index contributed by atoms with van der Waals surface area (Å²) in [5.74, 6) is -0.246. The van der Waals surface area contributed by atoms with Crippen LogP contribution in [0.2, 0.25) is 0 Å². The van der Waals surface area contributed by atoms with E-state index >= 15 is 4.39 Å². The number of phosphoric ester groups is 1. The average molecular weight is 692 g/mol. The summed E-state index contributed by atoms with van der Waals surface area (Å²) in [7, 11) is -8.36. The smallest absolute Gasteiger partial charge is 0.394 e. The Kier molecular flexibility index (Phi) is 8.91. The van der Waals surface area contributed by atoms with Gasteiger partial charge in [0.25, 0.3) is 5.56 Å². The minimum atomic E-state index is -5.14. The van der Waals surface area contributed by atoms with Crippen LogP contribution in [0, 0.1) is 0 Å². The van der Waals surface area contributed by atoms with E-state index < -0.39 is 90.1 Å². The van der Waals surface area contributed by atoms with E-state index in [2.05, 4.69) is 29.9 Å². The van der Waals surface area contributed by atoms with E-state index in [0.29, 0.717) is 0 Å². The number of nitrogens with one attached hydrogen (secondary N) is 1. The molecule has 6 rings (SSSR count). The number of hydrogen-bond acceptors (Lipinski definition) is 17. The summed E-state index contributed by atoms with van der Waals surface area (Å²) in [6.45, 7) is -1.64. The van der Waals surface area contributed by atoms with Crippen LogP contribution in [0.5, 0.6) is 0 Å². The third-order valence-corrected chi connectivity index (χ3v) is 8.60. The number of nitrogens with two attached hydrogens (primary N) is 2. The van der Waals surface area contributed by atoms with Crippen LogP contribution in [0.1, 0.15) is 12.5 Å². The van der Waals surface area contributed by atoms with Gasteiger partial charge in [-0.05, 0) is 0 Å². The molecule has 0 radical (unpaired) electrons. The number of rotatable bonds is 11. The number of anilines is 2. The minimum absolute atomic E-state index is 0.0128. The molecule has 2 fully saturated rings. The largest absolute Gasteiger partial charge is 0.472 e. The molecular weight excluding hydrogens is 665 g/mol. The number of H-pyrrole nitrogens is 1. The Morgan fingerprint density at radius 3 is 2.48 bits per heavy atom. The zero-order valence-corrected chi connectivity index (χ0v) is 25.0. The second-order valence-corrected chi connectivity index (χ2v) is 12.6. The first kappa shape index (κ1) is 32.5. The number of fused-ring (bicyclic) bond motifs is 2. The lowest BCUT2D eigenvalue weighted by atomic mass is 10.1. The van der Waals surface area contributed by atoms with Crippen molar-refractivity contribution in [3.8, 4) is 0 Å². The number of nitrogens with zero attached hydrogens (tertiary/aromatic N) is 7. The number of imidazole rings is 2. The number of nitrogen functional groups attached to an aromatic ring is 2. The number of aliphatic hydroxyl groups excluding tert-OH is 2. The first-order chi connectivity index (χ1) is 21.9. The van der Waals surface area contributed by atoms with Crippen molar-refractivity contribution in [2.75, 3.05) is 31.0 Å². The number of aromatic nitrogens is 8. The van der Waals surface area contributed by atoms with Crippen LogP contribution in [0.15, 0.2) is 23.8 Å². The van der Waals surface area contributed by atoms with Gasteiger partial charge in [0, 0.05) is 0 Å². The van der Waals surface area contributed by atoms with Crippen LogP contribution >= 0.6 is 15.9 Å². The molecule has 10 atom stereocenters. The first-order valence-electron chi connectivity index (χ1n) is 13.3. The monoisotopic (exact) mass is 692 g/mol. The van der Waals surface area contributed by atoms with E-state index in [9.17, 15) is 33.9 Å². The van der Waals surface area contributed by atoms with Crippen molar-refractivity contribution in [3.63, 3.8) is 0 Å². The number of hydrogen-bond donors (Lipinski definition) is 7. The Morgan fingerprint density at radius 2 is 1.76 bits per heavy atom. The van der Waals surface area contributed by atoms with Gasteiger partial charge < -0.3 is 45.7 Å². The van der Waals surface area contributed by atoms with Gasteiger partial charge in [0.2, 0.25) is 14.0 Å². The molecule has 22 nitrogen and oxygen atoms in total. The van der Waals surface area contributed by atoms with Gasteiger partial charge in [-0.1, -0.05) is 0 Å². The lowest BCUT2D eigenvalue weighted by Crippen LogP contribution is -2.36. The zero-order chi connectivity index (χ0) is 32.9. The molecule has 4 aromatic heterocycles. The van der Waals surface area contributed by atoms with Crippen molar-refractivity contribution in [1.29, 1.82) is 0 Å². The van der Waals surface area contributed by atoms with Crippen molar-refractivity contribution in [2.24, 2.45) is 0 Å². The Bertz CT molecular complexity index is 1880. The van der Waals surface area contributed by atoms with Gasteiger partial charge >= 0.3 is 7.82 Å². The van der Waals surface area contributed by atoms with Gasteiger partial charge in [-0.15, -0.1) is 0 Å². The van der Waals surface area contributed by atoms with E-state index in [4.69, 9.17) is 34.7 Å². The maximum absolute atomic E-state index is 15.7. The zero-order valence-electron chi connectivity index (χ0n) is 23.1. The fourth-order valence-corrected chi connectivity index (χ4v) is 6.48. The number of alkyl halides is 1. The Hall–Kier alpha value is -3.47. The van der Waals surface area contributed by atoms with Crippen LogP contribution in [0.4, 0.5) is 16.2 Å². The second kappa shape index (κ2) is 12.6. The lowest BCUT2D eigenvalue weighted by molar-refractivity contribution is -0.0619. The van der Waals surface area contributed by atoms with Gasteiger partial charge in [0.05, 0.1) is 25.9 Å². The van der Waals surface area contributed by atoms with E-state index in [1.807, 2.05) is 0 Å². The first-order valence-corrected chi connectivity index (χ1v) is 16.3. The number of aliphatic hydroxyl groups is 2. The normalized spacial score (nSPS) is 30.3. The maximum atomic E-state index is 15.7. The van der Waals surface area contributed by atoms with Crippen LogP contribution in [0.25, 0.3) is 22.3 Å². The third-order valence-electron chi connectivity index (χ3n) is 7.20. The van der Waals surface area contributed by atoms with Crippen molar-refractivity contribution in [2.45, 2.75) is 49.1 Å². The average Bonchev–Trinajstić information content (AvgIpc) is 3.76. The van der Waals surface area contributed by atoms with Crippen LogP contribution in [0.3, 0.4) is 0 Å². The number of halogens is 1. The molecule has 0 spiro atoms. The summed E-state index contributed by atoms with van der Waals surface area (Å²) in [5, 5.41) is 20.9. The van der Waals surface area contributed by atoms with Gasteiger partial charge in [0.15, 0.2) is 41.3 Å². The van der Waals surface area contributed by atoms with Crippen molar-refractivity contribution in [1.82, 2.24) is 39.0 Å². The lowest BCUT2D eigenvalue weighted by Gasteiger charge is -2.24. The number of phosphoric acid groups is 1. The third kappa shape index (κ3) is 6.02. The highest BCUT2D eigenvalue weighted by molar-refractivity contribution is 7.47. The minimum Gasteiger partial charge on any atom is -0.394 e. The van der Waals surface area contributed by atoms with E-state index in [1.165, 1.54) is 10.9 Å². The number of aromatic amines is 1. The highest BCUT2D eigenvalue weighted by Gasteiger charge is 2.51. The quantitative estimate of drug-likeness (QED) is 0.0829. The molecule has 0 saturated carbocycles. The fourth-order valence-electron chi connectivity index (χ4n) is 5.18. The molecule has 2 aliphatic heterocycles. The van der Waals surface area contributed by atoms with E-state index in [0.717, 1.165) is 17.2 Å². The highest BCUT2D eigenvalue weighted by atomic mass is 31.2. The molecular formula is C21H27FN10O12P2. The molecule has 250 valence electrons. The summed E-state index contributed by atoms with van der Waals surface area (Å²) >= 11 is 0. The van der Waals surface area contributed by atoms with E-state index in [1.54, 1.807) is 0 Å². The molecule has 6 heterocycles. The fraction of sp³-hybridized carbons (Fsp3) is 0.524. The van der Waals surface area contributed by atoms with Gasteiger partial charge in [-0.25, -0.2) is 28.9 Å². The van der Waals surface area contributed by atoms with Crippen molar-refractivity contribution < 1.29 is 56.8 Å². The SMILES string of the molecule is Nc1nc2c(ncn2[C@@H]2O[C@H](CO)C(OP(=O)(O)OC[C@H]3O[C@@H](n4cnc5c(N)ncnc54)C(F)C3OC[PH](=O)O)C2O)c(=O)[nH]1. The Labute approximate surface area is 255 Å². The second-order valence-electron chi connectivity index (χ2n) is 10.1. The van der Waals surface area contributed by atoms with Gasteiger partial charge in [-0.2, -0.15) is 4.98 Å². The Morgan fingerprint density at radius 1 is 1.07 bits per heavy atom. The molecule has 9 N–H and O–H groups in total. The molecule has 4 aromatic rings. The molecule has 2 aliphatic rings. The molecule has 25 heteroatoms. The summed E-state index contributed by atoms with van der Waals surface area (Å²) in [4.78, 5) is 54.0. The summed E-state index contributed by atoms with van der Waals surface area (Å²) in [5.41, 5.74) is 10.7. The predicted octanol–water partition coefficient (Wildman–Crippen LogP) is -2.08. The van der Waals surface area contributed by atoms with Gasteiger partial charge in [-0.3, -0.25) is 32.5 Å². The number of ether oxygens (including phenoxy) is 3. The molecule has 6 unspecified atom stereocenters. The molecule has 46 heavy (non-hydrogen) atoms. The molecule has 0 aromatic carbocycles. The molecule has 0 bridgehead atoms. The molecule has 2 saturated heterocycles. The summed E-state index contributed by atoms with van der Waals surface area (Å²) in [6, 6.07) is 0. The highest BCUT2D eigenvalue weighted by Crippen LogP contribution is 2.49. The summed E-state index contributed by atoms with van der Waals surface area (Å²) < 4.78 is 69.3. The molecule has 0 aliphatic carbocycles. The maximum Gasteiger partial charge on any atom is 0.472 e. The Balaban J connectivity index is 1.18. The van der Waals surface area contributed by atoms with Crippen LogP contribution in [-0.2, 0) is 32.4 Å².